The minimum absolute atomic E-state index is 0.162. The molecule has 0 saturated carbocycles. The van der Waals surface area contributed by atoms with E-state index in [0.29, 0.717) is 17.8 Å². The number of carbonyl (C=O) groups excluding carboxylic acids is 2. The number of rotatable bonds is 11. The van der Waals surface area contributed by atoms with E-state index in [9.17, 15) is 9.59 Å². The molecule has 0 saturated heterocycles. The van der Waals surface area contributed by atoms with E-state index in [-0.39, 0.29) is 11.8 Å². The van der Waals surface area contributed by atoms with E-state index in [0.717, 1.165) is 39.5 Å². The molecule has 6 nitrogen and oxygen atoms in total. The van der Waals surface area contributed by atoms with E-state index in [2.05, 4.69) is 20.6 Å². The second-order valence-corrected chi connectivity index (χ2v) is 12.3. The highest BCUT2D eigenvalue weighted by atomic mass is 16.2. The van der Waals surface area contributed by atoms with Crippen LogP contribution in [0.2, 0.25) is 0 Å². The minimum Gasteiger partial charge on any atom is -0.326 e. The van der Waals surface area contributed by atoms with Gasteiger partial charge in [0.1, 0.15) is 0 Å². The van der Waals surface area contributed by atoms with Crippen LogP contribution in [0.5, 0.6) is 0 Å². The van der Waals surface area contributed by atoms with E-state index < -0.39 is 11.3 Å². The first-order valence-corrected chi connectivity index (χ1v) is 15.8. The first-order chi connectivity index (χ1) is 22.6. The number of hydrogen-bond acceptors (Lipinski definition) is 4. The predicted octanol–water partition coefficient (Wildman–Crippen LogP) is 9.21. The summed E-state index contributed by atoms with van der Waals surface area (Å²) in [5.74, 6) is -0.885. The lowest BCUT2D eigenvalue weighted by molar-refractivity contribution is -0.125. The number of aryl methyl sites for hydroxylation is 2. The summed E-state index contributed by atoms with van der Waals surface area (Å²) >= 11 is 0. The van der Waals surface area contributed by atoms with E-state index in [1.165, 1.54) is 0 Å². The summed E-state index contributed by atoms with van der Waals surface area (Å²) in [6.45, 7) is 7.68. The van der Waals surface area contributed by atoms with Crippen molar-refractivity contribution >= 4 is 47.5 Å². The molecule has 2 heterocycles. The second kappa shape index (κ2) is 15.1. The van der Waals surface area contributed by atoms with Gasteiger partial charge in [-0.05, 0) is 97.6 Å². The van der Waals surface area contributed by atoms with Crippen molar-refractivity contribution in [1.82, 2.24) is 9.97 Å². The van der Waals surface area contributed by atoms with Crippen molar-refractivity contribution in [2.45, 2.75) is 40.0 Å². The zero-order valence-electron chi connectivity index (χ0n) is 27.3. The molecule has 236 valence electrons. The molecule has 1 unspecified atom stereocenters. The van der Waals surface area contributed by atoms with Crippen LogP contribution in [0.1, 0.15) is 65.7 Å². The second-order valence-electron chi connectivity index (χ2n) is 12.3. The molecule has 0 aliphatic rings. The number of amides is 2. The number of carbonyl (C=O) groups is 2. The van der Waals surface area contributed by atoms with Crippen LogP contribution in [0.25, 0.3) is 24.3 Å². The molecule has 5 aromatic rings. The molecule has 0 spiro atoms. The van der Waals surface area contributed by atoms with Gasteiger partial charge in [0.25, 0.3) is 0 Å². The normalized spacial score (nSPS) is 12.3. The Balaban J connectivity index is 1.29. The van der Waals surface area contributed by atoms with E-state index in [1.807, 2.05) is 167 Å². The van der Waals surface area contributed by atoms with Crippen molar-refractivity contribution < 1.29 is 9.59 Å². The van der Waals surface area contributed by atoms with Crippen LogP contribution < -0.4 is 10.6 Å². The highest BCUT2D eigenvalue weighted by Crippen LogP contribution is 2.34. The molecule has 1 atom stereocenters. The lowest BCUT2D eigenvalue weighted by atomic mass is 9.78. The van der Waals surface area contributed by atoms with Crippen molar-refractivity contribution in [3.05, 3.63) is 155 Å². The van der Waals surface area contributed by atoms with E-state index in [1.54, 1.807) is 0 Å². The van der Waals surface area contributed by atoms with Gasteiger partial charge in [0, 0.05) is 28.2 Å². The maximum atomic E-state index is 13.9. The number of nitrogens with zero attached hydrogens (tertiary/aromatic N) is 2. The van der Waals surface area contributed by atoms with Gasteiger partial charge >= 0.3 is 0 Å². The van der Waals surface area contributed by atoms with E-state index >= 15 is 0 Å². The largest absolute Gasteiger partial charge is 0.326 e. The van der Waals surface area contributed by atoms with Crippen molar-refractivity contribution in [1.29, 1.82) is 0 Å². The summed E-state index contributed by atoms with van der Waals surface area (Å²) < 4.78 is 0. The average molecular weight is 621 g/mol. The van der Waals surface area contributed by atoms with Crippen LogP contribution in [0.15, 0.2) is 115 Å². The monoisotopic (exact) mass is 620 g/mol. The van der Waals surface area contributed by atoms with Crippen LogP contribution in [0.3, 0.4) is 0 Å². The maximum absolute atomic E-state index is 13.9. The fourth-order valence-electron chi connectivity index (χ4n) is 5.30. The fourth-order valence-corrected chi connectivity index (χ4v) is 5.30. The topological polar surface area (TPSA) is 84.0 Å². The van der Waals surface area contributed by atoms with Gasteiger partial charge in [-0.2, -0.15) is 0 Å². The Labute approximate surface area is 277 Å². The van der Waals surface area contributed by atoms with Crippen LogP contribution >= 0.6 is 0 Å². The van der Waals surface area contributed by atoms with Crippen LogP contribution in [-0.4, -0.2) is 21.8 Å². The number of nitrogens with one attached hydrogen (secondary N) is 2. The smallest absolute Gasteiger partial charge is 0.231 e. The van der Waals surface area contributed by atoms with Crippen molar-refractivity contribution in [3.63, 3.8) is 0 Å². The first kappa shape index (κ1) is 32.8. The lowest BCUT2D eigenvalue weighted by Crippen LogP contribution is -2.35. The third-order valence-electron chi connectivity index (χ3n) is 7.86. The number of aromatic nitrogens is 2. The molecule has 2 aromatic heterocycles. The first-order valence-electron chi connectivity index (χ1n) is 15.8. The van der Waals surface area contributed by atoms with Gasteiger partial charge in [0.2, 0.25) is 11.8 Å². The zero-order chi connectivity index (χ0) is 33.2. The third kappa shape index (κ3) is 9.44. The molecule has 0 bridgehead atoms. The van der Waals surface area contributed by atoms with Gasteiger partial charge < -0.3 is 10.6 Å². The van der Waals surface area contributed by atoms with Crippen LogP contribution in [0, 0.1) is 19.3 Å². The summed E-state index contributed by atoms with van der Waals surface area (Å²) in [4.78, 5) is 36.6. The van der Waals surface area contributed by atoms with Gasteiger partial charge in [0.05, 0.1) is 17.3 Å². The Kier molecular flexibility index (Phi) is 10.5. The molecule has 0 fully saturated rings. The Morgan fingerprint density at radius 1 is 0.638 bits per heavy atom. The summed E-state index contributed by atoms with van der Waals surface area (Å²) in [6.07, 6.45) is 8.17. The number of anilines is 2. The number of benzene rings is 3. The lowest BCUT2D eigenvalue weighted by Gasteiger charge is -2.28. The Morgan fingerprint density at radius 3 is 1.68 bits per heavy atom. The molecule has 0 aliphatic carbocycles. The standard InChI is InChI=1S/C41H40N4O2/c1-29-12-8-18-34(42-29)24-22-31-14-10-20-36(26-31)44-39(46)38(33-16-6-5-7-17-33)28-41(3,4)40(47)45-37-21-11-15-32(27-37)23-25-35-19-9-13-30(2)43-35/h5-27,38H,28H2,1-4H3,(H,44,46)(H,45,47). The maximum Gasteiger partial charge on any atom is 0.231 e. The van der Waals surface area contributed by atoms with Gasteiger partial charge in [0.15, 0.2) is 0 Å². The molecular formula is C41H40N4O2. The SMILES string of the molecule is Cc1cccc(C=Cc2cccc(NC(=O)C(CC(C)(C)C(=O)Nc3cccc(C=Cc4cccc(C)n4)c3)c3ccccc3)c2)n1. The minimum atomic E-state index is -0.861. The quantitative estimate of drug-likeness (QED) is 0.154. The molecule has 47 heavy (non-hydrogen) atoms. The van der Waals surface area contributed by atoms with Crippen molar-refractivity contribution in [3.8, 4) is 0 Å². The molecular weight excluding hydrogens is 580 g/mol. The van der Waals surface area contributed by atoms with Crippen LogP contribution in [-0.2, 0) is 9.59 Å². The molecule has 3 aromatic carbocycles. The Morgan fingerprint density at radius 2 is 1.15 bits per heavy atom. The van der Waals surface area contributed by atoms with Crippen LogP contribution in [0.4, 0.5) is 11.4 Å². The van der Waals surface area contributed by atoms with Gasteiger partial charge in [-0.25, -0.2) is 0 Å². The molecule has 6 heteroatoms. The highest BCUT2D eigenvalue weighted by Gasteiger charge is 2.35. The Bertz CT molecular complexity index is 1910. The third-order valence-corrected chi connectivity index (χ3v) is 7.86. The number of hydrogen-bond donors (Lipinski definition) is 2. The van der Waals surface area contributed by atoms with Crippen molar-refractivity contribution in [2.24, 2.45) is 5.41 Å². The zero-order valence-corrected chi connectivity index (χ0v) is 27.3. The summed E-state index contributed by atoms with van der Waals surface area (Å²) in [6, 6.07) is 36.8. The predicted molar refractivity (Wildman–Crippen MR) is 194 cm³/mol. The fraction of sp³-hybridized carbons (Fsp3) is 0.171. The average Bonchev–Trinajstić information content (AvgIpc) is 3.06. The van der Waals surface area contributed by atoms with Gasteiger partial charge in [-0.1, -0.05) is 92.7 Å². The summed E-state index contributed by atoms with van der Waals surface area (Å²) in [5, 5.41) is 6.19. The Hall–Kier alpha value is -5.62. The molecule has 0 radical (unpaired) electrons. The molecule has 2 N–H and O–H groups in total. The highest BCUT2D eigenvalue weighted by molar-refractivity contribution is 5.99. The van der Waals surface area contributed by atoms with Crippen molar-refractivity contribution in [2.75, 3.05) is 10.6 Å². The molecule has 5 rings (SSSR count). The van der Waals surface area contributed by atoms with E-state index in [4.69, 9.17) is 0 Å². The number of pyridine rings is 2. The van der Waals surface area contributed by atoms with Gasteiger partial charge in [-0.3, -0.25) is 19.6 Å². The summed E-state index contributed by atoms with van der Waals surface area (Å²) in [5.41, 5.74) is 6.89. The summed E-state index contributed by atoms with van der Waals surface area (Å²) in [7, 11) is 0. The molecule has 2 amide bonds. The van der Waals surface area contributed by atoms with Gasteiger partial charge in [-0.15, -0.1) is 0 Å². The molecule has 0 aliphatic heterocycles.